The van der Waals surface area contributed by atoms with E-state index in [1.54, 1.807) is 18.2 Å². The van der Waals surface area contributed by atoms with Crippen molar-refractivity contribution >= 4 is 11.9 Å². The van der Waals surface area contributed by atoms with E-state index in [1.165, 1.54) is 24.1 Å². The fraction of sp³-hybridized carbons (Fsp3) is 0.607. The maximum absolute atomic E-state index is 13.5. The predicted molar refractivity (Wildman–Crippen MR) is 122 cm³/mol. The first-order valence-electron chi connectivity index (χ1n) is 12.2. The van der Waals surface area contributed by atoms with Crippen molar-refractivity contribution in [2.24, 2.45) is 34.5 Å². The lowest BCUT2D eigenvalue weighted by atomic mass is 9.47. The topological polar surface area (TPSA) is 37.3 Å². The molecule has 0 aliphatic heterocycles. The number of allylic oxidation sites excluding steroid dienone is 2. The summed E-state index contributed by atoms with van der Waals surface area (Å²) in [6, 6.07) is 6.42. The molecule has 0 spiro atoms. The molecule has 1 N–H and O–H groups in total. The molecule has 0 bridgehead atoms. The van der Waals surface area contributed by atoms with E-state index in [1.807, 2.05) is 6.07 Å². The molecule has 166 valence electrons. The molecule has 4 aliphatic carbocycles. The van der Waals surface area contributed by atoms with E-state index in [9.17, 15) is 14.3 Å². The maximum atomic E-state index is 13.5. The first kappa shape index (κ1) is 21.1. The quantitative estimate of drug-likeness (QED) is 0.455. The predicted octanol–water partition coefficient (Wildman–Crippen LogP) is 6.35. The molecule has 1 aromatic carbocycles. The zero-order valence-electron chi connectivity index (χ0n) is 18.8. The minimum atomic E-state index is -0.269. The monoisotopic (exact) mass is 422 g/mol. The van der Waals surface area contributed by atoms with Gasteiger partial charge in [0.05, 0.1) is 6.10 Å². The van der Waals surface area contributed by atoms with Gasteiger partial charge in [0, 0.05) is 5.92 Å². The van der Waals surface area contributed by atoms with Crippen LogP contribution >= 0.6 is 0 Å². The van der Waals surface area contributed by atoms with E-state index in [0.29, 0.717) is 17.8 Å². The zero-order valence-corrected chi connectivity index (χ0v) is 18.8. The molecule has 1 aromatic rings. The van der Waals surface area contributed by atoms with E-state index in [2.05, 4.69) is 19.9 Å². The highest BCUT2D eigenvalue weighted by atomic mass is 19.1. The van der Waals surface area contributed by atoms with Gasteiger partial charge in [0.15, 0.2) is 5.78 Å². The van der Waals surface area contributed by atoms with Crippen molar-refractivity contribution < 1.29 is 14.3 Å². The molecule has 2 nitrogen and oxygen atoms in total. The average molecular weight is 423 g/mol. The highest BCUT2D eigenvalue weighted by molar-refractivity contribution is 5.96. The summed E-state index contributed by atoms with van der Waals surface area (Å²) in [5, 5.41) is 10.2. The van der Waals surface area contributed by atoms with Crippen LogP contribution in [0.15, 0.2) is 42.0 Å². The fourth-order valence-corrected chi connectivity index (χ4v) is 8.01. The standard InChI is InChI=1S/C28H35FO2/c1-27-14-12-21(30)17-19(27)7-8-22-23-9-10-25(28(23,2)15-13-24(22)27)26(31)11-6-18-4-3-5-20(29)16-18/h3-7,11,16,21-25,30H,8-10,12-15,17H2,1-2H3/b11-6+/t21?,22-,23-,24-,25?,27-,28-/m0/s1. The van der Waals surface area contributed by atoms with Crippen LogP contribution in [0.5, 0.6) is 0 Å². The normalized spacial score (nSPS) is 41.9. The van der Waals surface area contributed by atoms with Gasteiger partial charge in [-0.3, -0.25) is 4.79 Å². The molecule has 0 radical (unpaired) electrons. The van der Waals surface area contributed by atoms with Crippen molar-refractivity contribution in [2.75, 3.05) is 0 Å². The van der Waals surface area contributed by atoms with Crippen LogP contribution < -0.4 is 0 Å². The van der Waals surface area contributed by atoms with E-state index in [0.717, 1.165) is 50.5 Å². The largest absolute Gasteiger partial charge is 0.393 e. The molecular weight excluding hydrogens is 387 g/mol. The fourth-order valence-electron chi connectivity index (χ4n) is 8.01. The van der Waals surface area contributed by atoms with Gasteiger partial charge >= 0.3 is 0 Å². The summed E-state index contributed by atoms with van der Waals surface area (Å²) in [5.41, 5.74) is 2.55. The lowest BCUT2D eigenvalue weighted by Gasteiger charge is -2.57. The van der Waals surface area contributed by atoms with Crippen LogP contribution in [0.3, 0.4) is 0 Å². The van der Waals surface area contributed by atoms with Crippen molar-refractivity contribution in [3.8, 4) is 0 Å². The van der Waals surface area contributed by atoms with Crippen LogP contribution in [0.2, 0.25) is 0 Å². The number of hydrogen-bond acceptors (Lipinski definition) is 2. The van der Waals surface area contributed by atoms with Crippen molar-refractivity contribution in [1.82, 2.24) is 0 Å². The molecule has 2 unspecified atom stereocenters. The van der Waals surface area contributed by atoms with Crippen LogP contribution in [-0.2, 0) is 4.79 Å². The summed E-state index contributed by atoms with van der Waals surface area (Å²) in [5.74, 6) is 1.97. The molecule has 0 aromatic heterocycles. The third-order valence-corrected chi connectivity index (χ3v) is 9.71. The summed E-state index contributed by atoms with van der Waals surface area (Å²) in [6.07, 6.45) is 14.2. The summed E-state index contributed by atoms with van der Waals surface area (Å²) in [4.78, 5) is 13.2. The van der Waals surface area contributed by atoms with Crippen LogP contribution in [0.4, 0.5) is 4.39 Å². The number of hydrogen-bond donors (Lipinski definition) is 1. The van der Waals surface area contributed by atoms with Gasteiger partial charge in [-0.2, -0.15) is 0 Å². The van der Waals surface area contributed by atoms with Crippen LogP contribution in [0.25, 0.3) is 6.08 Å². The minimum absolute atomic E-state index is 0.0699. The van der Waals surface area contributed by atoms with Gasteiger partial charge < -0.3 is 5.11 Å². The van der Waals surface area contributed by atoms with Gasteiger partial charge in [0.25, 0.3) is 0 Å². The first-order valence-corrected chi connectivity index (χ1v) is 12.2. The van der Waals surface area contributed by atoms with Crippen molar-refractivity contribution in [3.63, 3.8) is 0 Å². The number of carbonyl (C=O) groups excluding carboxylic acids is 1. The molecule has 0 heterocycles. The number of carbonyl (C=O) groups is 1. The number of benzene rings is 1. The Bertz CT molecular complexity index is 933. The Balaban J connectivity index is 1.36. The SMILES string of the molecule is C[C@]12CCC(O)CC1=CC[C@@H]1[C@@H]2CC[C@]2(C)C(C(=O)/C=C/c3cccc(F)c3)CC[C@@H]12. The van der Waals surface area contributed by atoms with Gasteiger partial charge in [-0.05, 0) is 104 Å². The molecule has 7 atom stereocenters. The third-order valence-electron chi connectivity index (χ3n) is 9.71. The molecule has 0 amide bonds. The third kappa shape index (κ3) is 3.44. The molecule has 5 rings (SSSR count). The van der Waals surface area contributed by atoms with Crippen molar-refractivity contribution in [2.45, 2.75) is 71.3 Å². The minimum Gasteiger partial charge on any atom is -0.393 e. The zero-order chi connectivity index (χ0) is 21.8. The number of aliphatic hydroxyl groups is 1. The Morgan fingerprint density at radius 3 is 2.77 bits per heavy atom. The molecule has 3 fully saturated rings. The van der Waals surface area contributed by atoms with Gasteiger partial charge in [0.1, 0.15) is 5.82 Å². The summed E-state index contributed by atoms with van der Waals surface area (Å²) >= 11 is 0. The van der Waals surface area contributed by atoms with Crippen LogP contribution in [0.1, 0.15) is 70.8 Å². The Labute approximate surface area is 185 Å². The van der Waals surface area contributed by atoms with Gasteiger partial charge in [-0.25, -0.2) is 4.39 Å². The number of fused-ring (bicyclic) bond motifs is 5. The van der Waals surface area contributed by atoms with Crippen molar-refractivity contribution in [1.29, 1.82) is 0 Å². The second-order valence-corrected chi connectivity index (χ2v) is 11.1. The number of aliphatic hydroxyl groups excluding tert-OH is 1. The van der Waals surface area contributed by atoms with Crippen molar-refractivity contribution in [3.05, 3.63) is 53.4 Å². The summed E-state index contributed by atoms with van der Waals surface area (Å²) in [6.45, 7) is 4.81. The number of ketones is 1. The Hall–Kier alpha value is -1.74. The van der Waals surface area contributed by atoms with Gasteiger partial charge in [-0.1, -0.05) is 43.7 Å². The second-order valence-electron chi connectivity index (χ2n) is 11.1. The van der Waals surface area contributed by atoms with Crippen LogP contribution in [-0.4, -0.2) is 17.0 Å². The molecular formula is C28H35FO2. The Morgan fingerprint density at radius 2 is 1.97 bits per heavy atom. The average Bonchev–Trinajstić information content (AvgIpc) is 3.10. The lowest BCUT2D eigenvalue weighted by Crippen LogP contribution is -2.50. The molecule has 0 saturated heterocycles. The highest BCUT2D eigenvalue weighted by Crippen LogP contribution is 2.66. The smallest absolute Gasteiger partial charge is 0.159 e. The molecule has 3 heteroatoms. The summed E-state index contributed by atoms with van der Waals surface area (Å²) in [7, 11) is 0. The Kier molecular flexibility index (Phi) is 5.24. The number of rotatable bonds is 3. The highest BCUT2D eigenvalue weighted by Gasteiger charge is 2.59. The van der Waals surface area contributed by atoms with E-state index in [-0.39, 0.29) is 34.5 Å². The molecule has 4 aliphatic rings. The van der Waals surface area contributed by atoms with E-state index in [4.69, 9.17) is 0 Å². The lowest BCUT2D eigenvalue weighted by molar-refractivity contribution is -0.124. The Morgan fingerprint density at radius 1 is 1.13 bits per heavy atom. The summed E-state index contributed by atoms with van der Waals surface area (Å²) < 4.78 is 13.5. The van der Waals surface area contributed by atoms with E-state index < -0.39 is 0 Å². The number of halogens is 1. The van der Waals surface area contributed by atoms with Crippen LogP contribution in [0, 0.1) is 40.3 Å². The first-order chi connectivity index (χ1) is 14.8. The maximum Gasteiger partial charge on any atom is 0.159 e. The molecule has 3 saturated carbocycles. The molecule has 31 heavy (non-hydrogen) atoms. The van der Waals surface area contributed by atoms with Gasteiger partial charge in [-0.15, -0.1) is 0 Å². The second kappa shape index (κ2) is 7.69. The van der Waals surface area contributed by atoms with E-state index >= 15 is 0 Å². The van der Waals surface area contributed by atoms with Gasteiger partial charge in [0.2, 0.25) is 0 Å².